The minimum Gasteiger partial charge on any atom is -0.387 e. The van der Waals surface area contributed by atoms with Crippen molar-refractivity contribution in [2.24, 2.45) is 0 Å². The first kappa shape index (κ1) is 26.8. The first-order valence-corrected chi connectivity index (χ1v) is 12.7. The second kappa shape index (κ2) is 11.9. The molecule has 2 aromatic rings. The van der Waals surface area contributed by atoms with Crippen LogP contribution in [0.25, 0.3) is 0 Å². The number of nitrogens with zero attached hydrogens (tertiary/aromatic N) is 3. The van der Waals surface area contributed by atoms with E-state index in [0.29, 0.717) is 39.1 Å². The van der Waals surface area contributed by atoms with E-state index < -0.39 is 12.6 Å². The molecule has 198 valence electrons. The molecule has 1 fully saturated rings. The number of piperidine rings is 1. The van der Waals surface area contributed by atoms with Crippen LogP contribution in [-0.2, 0) is 31.1 Å². The summed E-state index contributed by atoms with van der Waals surface area (Å²) in [7, 11) is 3.60. The Morgan fingerprint density at radius 2 is 1.73 bits per heavy atom. The fourth-order valence-electron chi connectivity index (χ4n) is 5.31. The molecule has 2 aromatic carbocycles. The van der Waals surface area contributed by atoms with Crippen LogP contribution in [0, 0.1) is 0 Å². The van der Waals surface area contributed by atoms with Crippen LogP contribution in [0.3, 0.4) is 0 Å². The van der Waals surface area contributed by atoms with E-state index in [4.69, 9.17) is 4.74 Å². The van der Waals surface area contributed by atoms with Crippen molar-refractivity contribution >= 4 is 23.4 Å². The van der Waals surface area contributed by atoms with Crippen molar-refractivity contribution in [3.63, 3.8) is 0 Å². The van der Waals surface area contributed by atoms with Gasteiger partial charge in [-0.15, -0.1) is 0 Å². The van der Waals surface area contributed by atoms with Gasteiger partial charge < -0.3 is 29.9 Å². The second-order valence-electron chi connectivity index (χ2n) is 10.1. The first-order chi connectivity index (χ1) is 17.8. The van der Waals surface area contributed by atoms with E-state index in [1.807, 2.05) is 54.6 Å². The van der Waals surface area contributed by atoms with Gasteiger partial charge in [0, 0.05) is 30.7 Å². The van der Waals surface area contributed by atoms with Gasteiger partial charge in [0.05, 0.1) is 19.8 Å². The lowest BCUT2D eigenvalue weighted by molar-refractivity contribution is -0.140. The summed E-state index contributed by atoms with van der Waals surface area (Å²) < 4.78 is 5.85. The third kappa shape index (κ3) is 6.18. The number of likely N-dealkylation sites (N-methyl/N-ethyl adjacent to an activating group) is 1. The lowest BCUT2D eigenvalue weighted by atomic mass is 9.74. The van der Waals surface area contributed by atoms with Gasteiger partial charge in [-0.1, -0.05) is 48.5 Å². The number of hydrogen-bond acceptors (Lipinski definition) is 6. The number of para-hydroxylation sites is 1. The summed E-state index contributed by atoms with van der Waals surface area (Å²) in [6.07, 6.45) is 1.38. The number of amides is 3. The van der Waals surface area contributed by atoms with Crippen LogP contribution in [-0.4, -0.2) is 92.2 Å². The monoisotopic (exact) mass is 508 g/mol. The molecule has 9 nitrogen and oxygen atoms in total. The lowest BCUT2D eigenvalue weighted by Crippen LogP contribution is -2.56. The normalized spacial score (nSPS) is 17.1. The Morgan fingerprint density at radius 1 is 1.05 bits per heavy atom. The zero-order valence-electron chi connectivity index (χ0n) is 21.6. The largest absolute Gasteiger partial charge is 0.387 e. The van der Waals surface area contributed by atoms with Gasteiger partial charge in [-0.2, -0.15) is 0 Å². The molecule has 2 aliphatic rings. The summed E-state index contributed by atoms with van der Waals surface area (Å²) in [6.45, 7) is 1.58. The quantitative estimate of drug-likeness (QED) is 0.527. The molecule has 0 radical (unpaired) electrons. The number of fused-ring (bicyclic) bond motifs is 2. The van der Waals surface area contributed by atoms with E-state index >= 15 is 0 Å². The third-order valence-corrected chi connectivity index (χ3v) is 7.18. The third-order valence-electron chi connectivity index (χ3n) is 7.18. The number of carbonyl (C=O) groups excluding carboxylic acids is 3. The Bertz CT molecular complexity index is 1100. The number of anilines is 1. The molecule has 0 bridgehead atoms. The molecule has 0 aromatic heterocycles. The Morgan fingerprint density at radius 3 is 2.41 bits per heavy atom. The molecule has 4 rings (SSSR count). The highest BCUT2D eigenvalue weighted by Gasteiger charge is 2.47. The Kier molecular flexibility index (Phi) is 8.58. The summed E-state index contributed by atoms with van der Waals surface area (Å²) in [5.41, 5.74) is 2.66. The fourth-order valence-corrected chi connectivity index (χ4v) is 5.31. The minimum atomic E-state index is -0.784. The van der Waals surface area contributed by atoms with Crippen LogP contribution in [0.4, 0.5) is 5.69 Å². The van der Waals surface area contributed by atoms with Gasteiger partial charge in [0.15, 0.2) is 0 Å². The molecular formula is C28H36N4O5. The molecule has 1 atom stereocenters. The summed E-state index contributed by atoms with van der Waals surface area (Å²) in [5, 5.41) is 12.3. The highest BCUT2D eigenvalue weighted by atomic mass is 16.5. The van der Waals surface area contributed by atoms with Gasteiger partial charge in [0.1, 0.15) is 12.6 Å². The zero-order chi connectivity index (χ0) is 26.4. The number of hydrogen-bond donors (Lipinski definition) is 2. The van der Waals surface area contributed by atoms with Crippen molar-refractivity contribution in [1.82, 2.24) is 15.1 Å². The molecule has 37 heavy (non-hydrogen) atoms. The van der Waals surface area contributed by atoms with E-state index in [1.54, 1.807) is 28.8 Å². The number of aliphatic hydroxyl groups is 1. The average molecular weight is 509 g/mol. The Balaban J connectivity index is 1.43. The summed E-state index contributed by atoms with van der Waals surface area (Å²) in [5.74, 6) is -0.713. The maximum absolute atomic E-state index is 13.5. The van der Waals surface area contributed by atoms with E-state index in [0.717, 1.165) is 16.8 Å². The van der Waals surface area contributed by atoms with Crippen molar-refractivity contribution in [1.29, 1.82) is 0 Å². The van der Waals surface area contributed by atoms with E-state index in [9.17, 15) is 19.5 Å². The minimum absolute atomic E-state index is 0.0795. The molecule has 2 aliphatic heterocycles. The van der Waals surface area contributed by atoms with Crippen molar-refractivity contribution < 1.29 is 24.2 Å². The maximum atomic E-state index is 13.5. The second-order valence-corrected chi connectivity index (χ2v) is 10.1. The topological polar surface area (TPSA) is 102 Å². The van der Waals surface area contributed by atoms with Gasteiger partial charge in [-0.05, 0) is 44.1 Å². The van der Waals surface area contributed by atoms with Crippen LogP contribution in [0.15, 0.2) is 54.6 Å². The lowest BCUT2D eigenvalue weighted by Gasteiger charge is -2.41. The zero-order valence-corrected chi connectivity index (χ0v) is 21.6. The van der Waals surface area contributed by atoms with Crippen LogP contribution in [0.2, 0.25) is 0 Å². The van der Waals surface area contributed by atoms with Crippen molar-refractivity contribution in [3.8, 4) is 0 Å². The number of ether oxygens (including phenoxy) is 1. The summed E-state index contributed by atoms with van der Waals surface area (Å²) >= 11 is 0. The molecule has 3 amide bonds. The Hall–Kier alpha value is -3.27. The molecule has 1 saturated heterocycles. The maximum Gasteiger partial charge on any atom is 0.252 e. The predicted molar refractivity (Wildman–Crippen MR) is 140 cm³/mol. The van der Waals surface area contributed by atoms with Gasteiger partial charge in [-0.25, -0.2) is 0 Å². The summed E-state index contributed by atoms with van der Waals surface area (Å²) in [6, 6.07) is 16.7. The average Bonchev–Trinajstić information content (AvgIpc) is 3.22. The smallest absolute Gasteiger partial charge is 0.252 e. The number of rotatable bonds is 9. The molecule has 2 heterocycles. The molecular weight excluding hydrogens is 472 g/mol. The highest BCUT2D eigenvalue weighted by Crippen LogP contribution is 2.47. The number of carbonyl (C=O) groups is 3. The van der Waals surface area contributed by atoms with E-state index in [-0.39, 0.29) is 36.3 Å². The molecule has 9 heteroatoms. The summed E-state index contributed by atoms with van der Waals surface area (Å²) in [4.78, 5) is 43.7. The number of nitrogens with one attached hydrogen (secondary N) is 1. The fraction of sp³-hybridized carbons (Fsp3) is 0.464. The molecule has 0 saturated carbocycles. The molecule has 0 unspecified atom stereocenters. The van der Waals surface area contributed by atoms with Gasteiger partial charge in [0.2, 0.25) is 11.8 Å². The SMILES string of the molecule is CN(C)CC(=O)N[C@H](COCc1ccccc1)C(=O)N1CCC2(CC1)CN(C(=O)CO)c1ccccc12. The van der Waals surface area contributed by atoms with Crippen molar-refractivity contribution in [2.45, 2.75) is 30.9 Å². The number of aliphatic hydroxyl groups excluding tert-OH is 1. The van der Waals surface area contributed by atoms with Crippen LogP contribution in [0.1, 0.15) is 24.0 Å². The highest BCUT2D eigenvalue weighted by molar-refractivity contribution is 5.97. The predicted octanol–water partition coefficient (Wildman–Crippen LogP) is 1.15. The van der Waals surface area contributed by atoms with E-state index in [1.165, 1.54) is 0 Å². The molecule has 2 N–H and O–H groups in total. The standard InChI is InChI=1S/C28H36N4O5/c1-30(2)16-25(34)29-23(19-37-18-21-8-4-3-5-9-21)27(36)31-14-12-28(13-15-31)20-32(26(35)17-33)24-11-7-6-10-22(24)28/h3-11,23,33H,12-20H2,1-2H3,(H,29,34)/t23-/m1/s1. The van der Waals surface area contributed by atoms with Gasteiger partial charge >= 0.3 is 0 Å². The number of likely N-dealkylation sites (tertiary alicyclic amines) is 1. The van der Waals surface area contributed by atoms with E-state index in [2.05, 4.69) is 5.32 Å². The van der Waals surface area contributed by atoms with Crippen molar-refractivity contribution in [3.05, 3.63) is 65.7 Å². The Labute approximate surface area is 218 Å². The van der Waals surface area contributed by atoms with Crippen molar-refractivity contribution in [2.75, 3.05) is 58.4 Å². The molecule has 0 aliphatic carbocycles. The first-order valence-electron chi connectivity index (χ1n) is 12.7. The van der Waals surface area contributed by atoms with Crippen LogP contribution >= 0.6 is 0 Å². The number of benzene rings is 2. The van der Waals surface area contributed by atoms with Crippen LogP contribution < -0.4 is 10.2 Å². The van der Waals surface area contributed by atoms with Gasteiger partial charge in [-0.3, -0.25) is 14.4 Å². The van der Waals surface area contributed by atoms with Gasteiger partial charge in [0.25, 0.3) is 5.91 Å². The molecule has 1 spiro atoms. The van der Waals surface area contributed by atoms with Crippen LogP contribution in [0.5, 0.6) is 0 Å².